The van der Waals surface area contributed by atoms with Crippen LogP contribution in [0.5, 0.6) is 0 Å². The van der Waals surface area contributed by atoms with Crippen molar-refractivity contribution < 1.29 is 4.39 Å². The van der Waals surface area contributed by atoms with E-state index in [2.05, 4.69) is 5.10 Å². The highest BCUT2D eigenvalue weighted by Crippen LogP contribution is 2.23. The van der Waals surface area contributed by atoms with Gasteiger partial charge in [-0.2, -0.15) is 5.10 Å². The van der Waals surface area contributed by atoms with E-state index in [9.17, 15) is 4.39 Å². The number of para-hydroxylation sites is 1. The van der Waals surface area contributed by atoms with E-state index in [-0.39, 0.29) is 11.7 Å². The van der Waals surface area contributed by atoms with Crippen molar-refractivity contribution >= 4 is 11.6 Å². The fraction of sp³-hybridized carbons (Fsp3) is 0.0625. The lowest BCUT2D eigenvalue weighted by Crippen LogP contribution is -2.02. The molecule has 0 aliphatic rings. The summed E-state index contributed by atoms with van der Waals surface area (Å²) >= 11 is 5.87. The highest BCUT2D eigenvalue weighted by Gasteiger charge is 2.11. The molecular formula is C16H12ClFN2. The van der Waals surface area contributed by atoms with Gasteiger partial charge in [0.25, 0.3) is 0 Å². The largest absolute Gasteiger partial charge is 0.237 e. The number of rotatable bonds is 3. The van der Waals surface area contributed by atoms with Gasteiger partial charge in [-0.3, -0.25) is 0 Å². The smallest absolute Gasteiger partial charge is 0.149 e. The summed E-state index contributed by atoms with van der Waals surface area (Å²) in [6.45, 7) is 0. The van der Waals surface area contributed by atoms with Crippen molar-refractivity contribution in [3.05, 3.63) is 72.3 Å². The number of halogens is 2. The third-order valence-electron chi connectivity index (χ3n) is 3.13. The van der Waals surface area contributed by atoms with Gasteiger partial charge in [0, 0.05) is 17.6 Å². The summed E-state index contributed by atoms with van der Waals surface area (Å²) in [4.78, 5) is 0. The maximum absolute atomic E-state index is 14.0. The minimum Gasteiger partial charge on any atom is -0.237 e. The molecule has 3 rings (SSSR count). The van der Waals surface area contributed by atoms with Gasteiger partial charge in [0.15, 0.2) is 0 Å². The molecule has 3 aromatic rings. The lowest BCUT2D eigenvalue weighted by atomic mass is 10.1. The van der Waals surface area contributed by atoms with Crippen molar-refractivity contribution in [3.8, 4) is 16.8 Å². The standard InChI is InChI=1S/C16H12ClFN2/c17-9-13-7-4-8-15(18)16(13)20-11-14(10-19-20)12-5-2-1-3-6-12/h1-8,10-11H,9H2. The van der Waals surface area contributed by atoms with E-state index < -0.39 is 0 Å². The second kappa shape index (κ2) is 5.47. The van der Waals surface area contributed by atoms with Crippen molar-refractivity contribution in [1.82, 2.24) is 9.78 Å². The van der Waals surface area contributed by atoms with Crippen LogP contribution in [0.4, 0.5) is 4.39 Å². The van der Waals surface area contributed by atoms with Crippen LogP contribution in [-0.2, 0) is 5.88 Å². The summed E-state index contributed by atoms with van der Waals surface area (Å²) in [6, 6.07) is 14.7. The van der Waals surface area contributed by atoms with Gasteiger partial charge in [-0.1, -0.05) is 42.5 Å². The minimum absolute atomic E-state index is 0.244. The molecule has 0 saturated carbocycles. The Kier molecular flexibility index (Phi) is 3.52. The molecular weight excluding hydrogens is 275 g/mol. The Balaban J connectivity index is 2.07. The molecule has 0 N–H and O–H groups in total. The second-order valence-corrected chi connectivity index (χ2v) is 4.69. The summed E-state index contributed by atoms with van der Waals surface area (Å²) in [5, 5.41) is 4.25. The molecule has 0 spiro atoms. The number of hydrogen-bond donors (Lipinski definition) is 0. The average molecular weight is 287 g/mol. The van der Waals surface area contributed by atoms with Crippen LogP contribution in [-0.4, -0.2) is 9.78 Å². The van der Waals surface area contributed by atoms with Gasteiger partial charge >= 0.3 is 0 Å². The van der Waals surface area contributed by atoms with Gasteiger partial charge in [0.05, 0.1) is 6.20 Å². The Morgan fingerprint density at radius 2 is 1.80 bits per heavy atom. The SMILES string of the molecule is Fc1cccc(CCl)c1-n1cc(-c2ccccc2)cn1. The monoisotopic (exact) mass is 286 g/mol. The molecule has 0 fully saturated rings. The summed E-state index contributed by atoms with van der Waals surface area (Å²) in [6.07, 6.45) is 3.53. The Labute approximate surface area is 121 Å². The van der Waals surface area contributed by atoms with Crippen LogP contribution in [0.1, 0.15) is 5.56 Å². The Morgan fingerprint density at radius 3 is 2.55 bits per heavy atom. The zero-order valence-corrected chi connectivity index (χ0v) is 11.4. The fourth-order valence-corrected chi connectivity index (χ4v) is 2.36. The van der Waals surface area contributed by atoms with Crippen LogP contribution < -0.4 is 0 Å². The highest BCUT2D eigenvalue weighted by atomic mass is 35.5. The minimum atomic E-state index is -0.328. The average Bonchev–Trinajstić information content (AvgIpc) is 2.97. The van der Waals surface area contributed by atoms with Gasteiger partial charge in [-0.15, -0.1) is 11.6 Å². The van der Waals surface area contributed by atoms with E-state index in [1.165, 1.54) is 10.7 Å². The predicted octanol–water partition coefficient (Wildman–Crippen LogP) is 4.42. The van der Waals surface area contributed by atoms with E-state index in [1.807, 2.05) is 36.5 Å². The summed E-state index contributed by atoms with van der Waals surface area (Å²) in [5.74, 6) is -0.0842. The molecule has 0 bridgehead atoms. The maximum atomic E-state index is 14.0. The Morgan fingerprint density at radius 1 is 1.00 bits per heavy atom. The molecule has 1 heterocycles. The molecule has 0 saturated heterocycles. The third kappa shape index (κ3) is 2.32. The molecule has 4 heteroatoms. The van der Waals surface area contributed by atoms with Gasteiger partial charge in [-0.05, 0) is 17.2 Å². The van der Waals surface area contributed by atoms with Gasteiger partial charge in [0.2, 0.25) is 0 Å². The van der Waals surface area contributed by atoms with E-state index in [4.69, 9.17) is 11.6 Å². The molecule has 20 heavy (non-hydrogen) atoms. The van der Waals surface area contributed by atoms with Gasteiger partial charge < -0.3 is 0 Å². The van der Waals surface area contributed by atoms with E-state index >= 15 is 0 Å². The van der Waals surface area contributed by atoms with Crippen LogP contribution >= 0.6 is 11.6 Å². The number of aromatic nitrogens is 2. The first-order valence-corrected chi connectivity index (χ1v) is 6.77. The molecule has 0 unspecified atom stereocenters. The molecule has 0 amide bonds. The van der Waals surface area contributed by atoms with Gasteiger partial charge in [-0.25, -0.2) is 9.07 Å². The lowest BCUT2D eigenvalue weighted by Gasteiger charge is -2.08. The van der Waals surface area contributed by atoms with Crippen LogP contribution in [0.2, 0.25) is 0 Å². The van der Waals surface area contributed by atoms with Crippen LogP contribution in [0, 0.1) is 5.82 Å². The molecule has 100 valence electrons. The third-order valence-corrected chi connectivity index (χ3v) is 3.42. The van der Waals surface area contributed by atoms with Crippen LogP contribution in [0.25, 0.3) is 16.8 Å². The quantitative estimate of drug-likeness (QED) is 0.652. The first-order chi connectivity index (χ1) is 9.79. The number of benzene rings is 2. The van der Waals surface area contributed by atoms with E-state index in [0.29, 0.717) is 5.69 Å². The molecule has 1 aromatic heterocycles. The van der Waals surface area contributed by atoms with E-state index in [1.54, 1.807) is 18.3 Å². The Bertz CT molecular complexity index is 722. The zero-order valence-electron chi connectivity index (χ0n) is 10.6. The number of hydrogen-bond acceptors (Lipinski definition) is 1. The normalized spacial score (nSPS) is 10.7. The molecule has 0 radical (unpaired) electrons. The summed E-state index contributed by atoms with van der Waals surface area (Å²) < 4.78 is 15.6. The van der Waals surface area contributed by atoms with Gasteiger partial charge in [0.1, 0.15) is 11.5 Å². The molecule has 0 atom stereocenters. The highest BCUT2D eigenvalue weighted by molar-refractivity contribution is 6.17. The lowest BCUT2D eigenvalue weighted by molar-refractivity contribution is 0.608. The van der Waals surface area contributed by atoms with Crippen molar-refractivity contribution in [3.63, 3.8) is 0 Å². The van der Waals surface area contributed by atoms with E-state index in [0.717, 1.165) is 16.7 Å². The topological polar surface area (TPSA) is 17.8 Å². The van der Waals surface area contributed by atoms with Crippen molar-refractivity contribution in [1.29, 1.82) is 0 Å². The maximum Gasteiger partial charge on any atom is 0.149 e. The van der Waals surface area contributed by atoms with Crippen molar-refractivity contribution in [2.45, 2.75) is 5.88 Å². The fourth-order valence-electron chi connectivity index (χ4n) is 2.15. The van der Waals surface area contributed by atoms with Crippen molar-refractivity contribution in [2.75, 3.05) is 0 Å². The summed E-state index contributed by atoms with van der Waals surface area (Å²) in [7, 11) is 0. The van der Waals surface area contributed by atoms with Crippen LogP contribution in [0.15, 0.2) is 60.9 Å². The molecule has 0 aliphatic carbocycles. The number of alkyl halides is 1. The number of nitrogens with zero attached hydrogens (tertiary/aromatic N) is 2. The van der Waals surface area contributed by atoms with Crippen molar-refractivity contribution in [2.24, 2.45) is 0 Å². The Hall–Kier alpha value is -2.13. The first-order valence-electron chi connectivity index (χ1n) is 6.23. The molecule has 2 nitrogen and oxygen atoms in total. The second-order valence-electron chi connectivity index (χ2n) is 4.42. The zero-order chi connectivity index (χ0) is 13.9. The summed E-state index contributed by atoms with van der Waals surface area (Å²) in [5.41, 5.74) is 3.11. The first kappa shape index (κ1) is 12.9. The molecule has 2 aromatic carbocycles. The predicted molar refractivity (Wildman–Crippen MR) is 78.5 cm³/mol. The molecule has 0 aliphatic heterocycles. The van der Waals surface area contributed by atoms with Crippen LogP contribution in [0.3, 0.4) is 0 Å².